The molecule has 0 spiro atoms. The molecule has 92 valence electrons. The first-order chi connectivity index (χ1) is 8.65. The highest BCUT2D eigenvalue weighted by molar-refractivity contribution is 6.00. The Labute approximate surface area is 102 Å². The molecule has 7 heteroatoms. The molecule has 0 unspecified atom stereocenters. The van der Waals surface area contributed by atoms with E-state index in [0.29, 0.717) is 5.56 Å². The van der Waals surface area contributed by atoms with Crippen molar-refractivity contribution in [2.24, 2.45) is 0 Å². The van der Waals surface area contributed by atoms with Crippen molar-refractivity contribution >= 4 is 11.7 Å². The molecule has 0 bridgehead atoms. The molecule has 0 saturated heterocycles. The van der Waals surface area contributed by atoms with Gasteiger partial charge in [0.1, 0.15) is 16.9 Å². The number of anilines is 1. The Morgan fingerprint density at radius 2 is 2.28 bits per heavy atom. The monoisotopic (exact) mass is 246 g/mol. The summed E-state index contributed by atoms with van der Waals surface area (Å²) in [7, 11) is 1.20. The second-order valence-corrected chi connectivity index (χ2v) is 3.42. The molecule has 2 heterocycles. The maximum absolute atomic E-state index is 11.7. The van der Waals surface area contributed by atoms with E-state index in [1.54, 1.807) is 18.3 Å². The Bertz CT molecular complexity index is 636. The minimum Gasteiger partial charge on any atom is -0.465 e. The number of aromatic amines is 1. The summed E-state index contributed by atoms with van der Waals surface area (Å²) in [6, 6.07) is 3.37. The molecule has 0 aliphatic rings. The SMILES string of the molecule is COC(=O)c1c(-c2cccnc2)n[nH]c(=O)c1N. The minimum atomic E-state index is -0.718. The lowest BCUT2D eigenvalue weighted by atomic mass is 10.1. The van der Waals surface area contributed by atoms with Crippen molar-refractivity contribution in [1.29, 1.82) is 0 Å². The molecule has 2 aromatic heterocycles. The van der Waals surface area contributed by atoms with E-state index in [1.807, 2.05) is 0 Å². The maximum atomic E-state index is 11.7. The average molecular weight is 246 g/mol. The van der Waals surface area contributed by atoms with Crippen LogP contribution >= 0.6 is 0 Å². The summed E-state index contributed by atoms with van der Waals surface area (Å²) in [5.74, 6) is -0.718. The third-order valence-electron chi connectivity index (χ3n) is 2.34. The van der Waals surface area contributed by atoms with Crippen LogP contribution in [0.3, 0.4) is 0 Å². The van der Waals surface area contributed by atoms with Gasteiger partial charge >= 0.3 is 5.97 Å². The summed E-state index contributed by atoms with van der Waals surface area (Å²) in [4.78, 5) is 27.0. The van der Waals surface area contributed by atoms with E-state index in [9.17, 15) is 9.59 Å². The molecule has 2 rings (SSSR count). The Kier molecular flexibility index (Phi) is 3.05. The zero-order chi connectivity index (χ0) is 13.1. The molecular weight excluding hydrogens is 236 g/mol. The first-order valence-electron chi connectivity index (χ1n) is 5.02. The van der Waals surface area contributed by atoms with Crippen LogP contribution in [-0.2, 0) is 4.74 Å². The number of nitrogens with zero attached hydrogens (tertiary/aromatic N) is 2. The number of ether oxygens (including phenoxy) is 1. The quantitative estimate of drug-likeness (QED) is 0.732. The number of esters is 1. The molecule has 0 aliphatic heterocycles. The fraction of sp³-hybridized carbons (Fsp3) is 0.0909. The van der Waals surface area contributed by atoms with E-state index < -0.39 is 11.5 Å². The van der Waals surface area contributed by atoms with E-state index in [1.165, 1.54) is 13.3 Å². The highest BCUT2D eigenvalue weighted by Gasteiger charge is 2.21. The predicted molar refractivity (Wildman–Crippen MR) is 63.8 cm³/mol. The van der Waals surface area contributed by atoms with E-state index >= 15 is 0 Å². The molecule has 0 aromatic carbocycles. The van der Waals surface area contributed by atoms with Crippen molar-refractivity contribution in [1.82, 2.24) is 15.2 Å². The lowest BCUT2D eigenvalue weighted by Crippen LogP contribution is -2.21. The van der Waals surface area contributed by atoms with Gasteiger partial charge in [-0.25, -0.2) is 9.89 Å². The van der Waals surface area contributed by atoms with Crippen molar-refractivity contribution in [3.8, 4) is 11.3 Å². The first kappa shape index (κ1) is 11.8. The van der Waals surface area contributed by atoms with Gasteiger partial charge in [-0.2, -0.15) is 5.10 Å². The number of nitrogens with one attached hydrogen (secondary N) is 1. The normalized spacial score (nSPS) is 10.1. The zero-order valence-corrected chi connectivity index (χ0v) is 9.51. The van der Waals surface area contributed by atoms with Crippen molar-refractivity contribution in [3.05, 3.63) is 40.4 Å². The molecule has 0 saturated carbocycles. The van der Waals surface area contributed by atoms with Crippen molar-refractivity contribution in [3.63, 3.8) is 0 Å². The molecule has 2 aromatic rings. The Morgan fingerprint density at radius 1 is 1.50 bits per heavy atom. The van der Waals surface area contributed by atoms with Crippen LogP contribution in [0.1, 0.15) is 10.4 Å². The number of H-pyrrole nitrogens is 1. The number of hydrogen-bond acceptors (Lipinski definition) is 6. The van der Waals surface area contributed by atoms with Crippen LogP contribution < -0.4 is 11.3 Å². The lowest BCUT2D eigenvalue weighted by Gasteiger charge is -2.08. The van der Waals surface area contributed by atoms with Gasteiger partial charge in [-0.05, 0) is 12.1 Å². The van der Waals surface area contributed by atoms with E-state index in [2.05, 4.69) is 19.9 Å². The minimum absolute atomic E-state index is 0.0609. The van der Waals surface area contributed by atoms with Crippen molar-refractivity contribution in [2.75, 3.05) is 12.8 Å². The summed E-state index contributed by atoms with van der Waals surface area (Å²) in [6.45, 7) is 0. The molecular formula is C11H10N4O3. The molecule has 0 radical (unpaired) electrons. The number of hydrogen-bond donors (Lipinski definition) is 2. The summed E-state index contributed by atoms with van der Waals surface area (Å²) >= 11 is 0. The summed E-state index contributed by atoms with van der Waals surface area (Å²) < 4.78 is 4.60. The number of nitrogens with two attached hydrogens (primary N) is 1. The number of rotatable bonds is 2. The van der Waals surface area contributed by atoms with Gasteiger partial charge in [-0.3, -0.25) is 9.78 Å². The number of nitrogen functional groups attached to an aromatic ring is 1. The second kappa shape index (κ2) is 4.66. The van der Waals surface area contributed by atoms with E-state index in [-0.39, 0.29) is 16.9 Å². The maximum Gasteiger partial charge on any atom is 0.342 e. The average Bonchev–Trinajstić information content (AvgIpc) is 2.42. The Hall–Kier alpha value is -2.70. The first-order valence-corrected chi connectivity index (χ1v) is 5.02. The van der Waals surface area contributed by atoms with Crippen LogP contribution in [0, 0.1) is 0 Å². The van der Waals surface area contributed by atoms with Crippen LogP contribution in [0.15, 0.2) is 29.3 Å². The Morgan fingerprint density at radius 3 is 2.89 bits per heavy atom. The lowest BCUT2D eigenvalue weighted by molar-refractivity contribution is 0.0602. The topological polar surface area (TPSA) is 111 Å². The zero-order valence-electron chi connectivity index (χ0n) is 9.51. The molecule has 7 nitrogen and oxygen atoms in total. The highest BCUT2D eigenvalue weighted by atomic mass is 16.5. The van der Waals surface area contributed by atoms with Gasteiger partial charge in [0.05, 0.1) is 7.11 Å². The van der Waals surface area contributed by atoms with Crippen molar-refractivity contribution in [2.45, 2.75) is 0 Å². The van der Waals surface area contributed by atoms with Crippen LogP contribution in [0.5, 0.6) is 0 Å². The fourth-order valence-corrected chi connectivity index (χ4v) is 1.48. The summed E-state index contributed by atoms with van der Waals surface area (Å²) in [5.41, 5.74) is 5.45. The van der Waals surface area contributed by atoms with Crippen molar-refractivity contribution < 1.29 is 9.53 Å². The van der Waals surface area contributed by atoms with Gasteiger partial charge in [0.2, 0.25) is 0 Å². The molecule has 3 N–H and O–H groups in total. The largest absolute Gasteiger partial charge is 0.465 e. The van der Waals surface area contributed by atoms with Gasteiger partial charge in [0.25, 0.3) is 5.56 Å². The third-order valence-corrected chi connectivity index (χ3v) is 2.34. The van der Waals surface area contributed by atoms with Gasteiger partial charge in [-0.15, -0.1) is 0 Å². The fourth-order valence-electron chi connectivity index (χ4n) is 1.48. The predicted octanol–water partition coefficient (Wildman–Crippen LogP) is 0.201. The van der Waals surface area contributed by atoms with E-state index in [4.69, 9.17) is 5.73 Å². The standard InChI is InChI=1S/C11H10N4O3/c1-18-11(17)7-8(12)10(16)15-14-9(7)6-3-2-4-13-5-6/h2-5H,1H3,(H2,12,14)(H,15,16). The number of pyridine rings is 1. The smallest absolute Gasteiger partial charge is 0.342 e. The molecule has 0 aliphatic carbocycles. The van der Waals surface area contributed by atoms with E-state index in [0.717, 1.165) is 0 Å². The second-order valence-electron chi connectivity index (χ2n) is 3.42. The highest BCUT2D eigenvalue weighted by Crippen LogP contribution is 2.22. The van der Waals surface area contributed by atoms with Crippen LogP contribution in [0.4, 0.5) is 5.69 Å². The summed E-state index contributed by atoms with van der Waals surface area (Å²) in [5, 5.41) is 6.04. The van der Waals surface area contributed by atoms with Gasteiger partial charge < -0.3 is 10.5 Å². The number of methoxy groups -OCH3 is 1. The van der Waals surface area contributed by atoms with Crippen LogP contribution in [0.2, 0.25) is 0 Å². The molecule has 0 amide bonds. The third kappa shape index (κ3) is 1.93. The number of carbonyl (C=O) groups excluding carboxylic acids is 1. The molecule has 0 fully saturated rings. The van der Waals surface area contributed by atoms with Gasteiger partial charge in [0, 0.05) is 18.0 Å². The van der Waals surface area contributed by atoms with Crippen LogP contribution in [-0.4, -0.2) is 28.3 Å². The molecule has 0 atom stereocenters. The summed E-state index contributed by atoms with van der Waals surface area (Å²) in [6.07, 6.45) is 3.09. The van der Waals surface area contributed by atoms with Gasteiger partial charge in [-0.1, -0.05) is 0 Å². The molecule has 18 heavy (non-hydrogen) atoms. The Balaban J connectivity index is 2.72. The van der Waals surface area contributed by atoms with Gasteiger partial charge in [0.15, 0.2) is 0 Å². The van der Waals surface area contributed by atoms with Crippen LogP contribution in [0.25, 0.3) is 11.3 Å². The number of carbonyl (C=O) groups is 1. The number of aromatic nitrogens is 3.